The first kappa shape index (κ1) is 21.0. The molecule has 0 heterocycles. The monoisotopic (exact) mass is 344 g/mol. The molecular weight excluding hydrogens is 320 g/mol. The summed E-state index contributed by atoms with van der Waals surface area (Å²) in [5, 5.41) is 0. The van der Waals surface area contributed by atoms with Gasteiger partial charge in [-0.15, -0.1) is 34.0 Å². The predicted octanol–water partition coefficient (Wildman–Crippen LogP) is 5.26. The molecule has 0 fully saturated rings. The first-order chi connectivity index (χ1) is 6.41. The third-order valence-electron chi connectivity index (χ3n) is 2.43. The first-order valence-corrected chi connectivity index (χ1v) is 5.85. The van der Waals surface area contributed by atoms with Gasteiger partial charge in [-0.05, 0) is 6.42 Å². The summed E-state index contributed by atoms with van der Waals surface area (Å²) < 4.78 is 0. The molecule has 0 N–H and O–H groups in total. The van der Waals surface area contributed by atoms with Crippen LogP contribution in [0.25, 0.3) is 0 Å². The highest BCUT2D eigenvalue weighted by Gasteiger charge is 1.91. The second-order valence-electron chi connectivity index (χ2n) is 3.78. The molecule has 1 nitrogen and oxygen atoms in total. The molecule has 15 heavy (non-hydrogen) atoms. The Balaban J connectivity index is -0.000000720. The zero-order chi connectivity index (χ0) is 9.78. The van der Waals surface area contributed by atoms with Gasteiger partial charge in [0.05, 0.1) is 0 Å². The second-order valence-corrected chi connectivity index (χ2v) is 3.78. The second kappa shape index (κ2) is 20.1. The van der Waals surface area contributed by atoms with Crippen LogP contribution < -0.4 is 0 Å². The summed E-state index contributed by atoms with van der Waals surface area (Å²) in [5.41, 5.74) is 0. The smallest absolute Gasteiger partial charge is 0.119 e. The quantitative estimate of drug-likeness (QED) is 0.389. The van der Waals surface area contributed by atoms with Gasteiger partial charge in [-0.25, -0.2) is 0 Å². The van der Waals surface area contributed by atoms with Crippen molar-refractivity contribution in [2.75, 3.05) is 0 Å². The Hall–Kier alpha value is 0.630. The lowest BCUT2D eigenvalue weighted by Gasteiger charge is -1.99. The van der Waals surface area contributed by atoms with Gasteiger partial charge < -0.3 is 4.79 Å². The number of unbranched alkanes of at least 4 members (excludes halogenated alkanes) is 9. The number of rotatable bonds is 10. The SMILES string of the molecule is Br.Br.CCCCCCCCCCCC=O. The Morgan fingerprint density at radius 3 is 1.53 bits per heavy atom. The summed E-state index contributed by atoms with van der Waals surface area (Å²) in [6.07, 6.45) is 13.7. The first-order valence-electron chi connectivity index (χ1n) is 5.85. The molecule has 0 aromatic rings. The van der Waals surface area contributed by atoms with E-state index in [0.717, 1.165) is 19.1 Å². The minimum atomic E-state index is 0. The maximum absolute atomic E-state index is 10.0. The fraction of sp³-hybridized carbons (Fsp3) is 0.917. The fourth-order valence-electron chi connectivity index (χ4n) is 1.54. The number of hydrogen-bond acceptors (Lipinski definition) is 1. The number of carbonyl (C=O) groups excluding carboxylic acids is 1. The van der Waals surface area contributed by atoms with Crippen LogP contribution in [0.4, 0.5) is 0 Å². The van der Waals surface area contributed by atoms with Gasteiger partial charge in [0.15, 0.2) is 0 Å². The van der Waals surface area contributed by atoms with E-state index in [4.69, 9.17) is 0 Å². The molecule has 0 atom stereocenters. The summed E-state index contributed by atoms with van der Waals surface area (Å²) in [5.74, 6) is 0. The molecule has 0 saturated heterocycles. The molecule has 0 aliphatic carbocycles. The Morgan fingerprint density at radius 2 is 1.13 bits per heavy atom. The normalized spacial score (nSPS) is 8.87. The van der Waals surface area contributed by atoms with Crippen molar-refractivity contribution in [3.63, 3.8) is 0 Å². The van der Waals surface area contributed by atoms with Crippen molar-refractivity contribution in [1.82, 2.24) is 0 Å². The van der Waals surface area contributed by atoms with E-state index in [2.05, 4.69) is 6.92 Å². The van der Waals surface area contributed by atoms with Gasteiger partial charge in [-0.3, -0.25) is 0 Å². The minimum absolute atomic E-state index is 0. The number of carbonyl (C=O) groups is 1. The average Bonchev–Trinajstić information content (AvgIpc) is 2.16. The van der Waals surface area contributed by atoms with Crippen LogP contribution in [0.3, 0.4) is 0 Å². The van der Waals surface area contributed by atoms with Crippen molar-refractivity contribution in [2.45, 2.75) is 71.1 Å². The minimum Gasteiger partial charge on any atom is -0.303 e. The van der Waals surface area contributed by atoms with E-state index in [1.165, 1.54) is 51.4 Å². The topological polar surface area (TPSA) is 17.1 Å². The molecule has 3 heteroatoms. The number of hydrogen-bond donors (Lipinski definition) is 0. The standard InChI is InChI=1S/C12H24O.2BrH/c1-2-3-4-5-6-7-8-9-10-11-12-13;;/h12H,2-11H2,1H3;2*1H. The molecule has 0 saturated carbocycles. The summed E-state index contributed by atoms with van der Waals surface area (Å²) >= 11 is 0. The maximum atomic E-state index is 10.0. The summed E-state index contributed by atoms with van der Waals surface area (Å²) in [4.78, 5) is 10.0. The third-order valence-corrected chi connectivity index (χ3v) is 2.43. The van der Waals surface area contributed by atoms with Crippen molar-refractivity contribution >= 4 is 40.2 Å². The van der Waals surface area contributed by atoms with Crippen molar-refractivity contribution in [3.05, 3.63) is 0 Å². The molecule has 0 rings (SSSR count). The van der Waals surface area contributed by atoms with Gasteiger partial charge >= 0.3 is 0 Å². The Kier molecular flexibility index (Phi) is 28.1. The van der Waals surface area contributed by atoms with Crippen molar-refractivity contribution in [2.24, 2.45) is 0 Å². The molecule has 94 valence electrons. The Morgan fingerprint density at radius 1 is 0.733 bits per heavy atom. The Bertz CT molecular complexity index is 108. The zero-order valence-corrected chi connectivity index (χ0v) is 13.3. The Labute approximate surface area is 116 Å². The van der Waals surface area contributed by atoms with Gasteiger partial charge in [0.25, 0.3) is 0 Å². The van der Waals surface area contributed by atoms with Crippen LogP contribution >= 0.6 is 34.0 Å². The van der Waals surface area contributed by atoms with Crippen molar-refractivity contribution in [1.29, 1.82) is 0 Å². The van der Waals surface area contributed by atoms with Crippen molar-refractivity contribution < 1.29 is 4.79 Å². The summed E-state index contributed by atoms with van der Waals surface area (Å²) in [6, 6.07) is 0. The van der Waals surface area contributed by atoms with Crippen LogP contribution in [-0.4, -0.2) is 6.29 Å². The van der Waals surface area contributed by atoms with Crippen molar-refractivity contribution in [3.8, 4) is 0 Å². The molecule has 0 aliphatic heterocycles. The zero-order valence-electron chi connectivity index (χ0n) is 9.87. The molecule has 0 amide bonds. The molecule has 0 aromatic heterocycles. The van der Waals surface area contributed by atoms with Gasteiger partial charge in [0.2, 0.25) is 0 Å². The van der Waals surface area contributed by atoms with Gasteiger partial charge in [-0.2, -0.15) is 0 Å². The average molecular weight is 346 g/mol. The third kappa shape index (κ3) is 20.7. The number of halogens is 2. The molecule has 0 aliphatic rings. The molecule has 0 aromatic carbocycles. The van der Waals surface area contributed by atoms with E-state index >= 15 is 0 Å². The van der Waals surface area contributed by atoms with Gasteiger partial charge in [-0.1, -0.05) is 58.3 Å². The summed E-state index contributed by atoms with van der Waals surface area (Å²) in [7, 11) is 0. The van der Waals surface area contributed by atoms with E-state index in [1.54, 1.807) is 0 Å². The van der Waals surface area contributed by atoms with Crippen LogP contribution in [0, 0.1) is 0 Å². The van der Waals surface area contributed by atoms with E-state index in [9.17, 15) is 4.79 Å². The molecule has 0 radical (unpaired) electrons. The van der Waals surface area contributed by atoms with E-state index in [1.807, 2.05) is 0 Å². The molecule has 0 unspecified atom stereocenters. The highest BCUT2D eigenvalue weighted by Crippen LogP contribution is 2.09. The molecule has 0 bridgehead atoms. The van der Waals surface area contributed by atoms with Crippen LogP contribution in [0.1, 0.15) is 71.1 Å². The van der Waals surface area contributed by atoms with E-state index < -0.39 is 0 Å². The lowest BCUT2D eigenvalue weighted by Crippen LogP contribution is -1.81. The van der Waals surface area contributed by atoms with Crippen LogP contribution in [0.5, 0.6) is 0 Å². The largest absolute Gasteiger partial charge is 0.303 e. The highest BCUT2D eigenvalue weighted by atomic mass is 79.9. The lowest BCUT2D eigenvalue weighted by atomic mass is 10.1. The van der Waals surface area contributed by atoms with Crippen LogP contribution in [0.15, 0.2) is 0 Å². The summed E-state index contributed by atoms with van der Waals surface area (Å²) in [6.45, 7) is 2.25. The predicted molar refractivity (Wildman–Crippen MR) is 78.6 cm³/mol. The van der Waals surface area contributed by atoms with Crippen LogP contribution in [0.2, 0.25) is 0 Å². The lowest BCUT2D eigenvalue weighted by molar-refractivity contribution is -0.107. The number of aldehydes is 1. The van der Waals surface area contributed by atoms with Gasteiger partial charge in [0, 0.05) is 6.42 Å². The van der Waals surface area contributed by atoms with E-state index in [-0.39, 0.29) is 34.0 Å². The van der Waals surface area contributed by atoms with Crippen LogP contribution in [-0.2, 0) is 4.79 Å². The molecule has 0 spiro atoms. The maximum Gasteiger partial charge on any atom is 0.119 e. The van der Waals surface area contributed by atoms with Gasteiger partial charge in [0.1, 0.15) is 6.29 Å². The van der Waals surface area contributed by atoms with E-state index in [0.29, 0.717) is 0 Å². The highest BCUT2D eigenvalue weighted by molar-refractivity contribution is 8.93. The molecular formula is C12H26Br2O. The fourth-order valence-corrected chi connectivity index (χ4v) is 1.54.